The predicted octanol–water partition coefficient (Wildman–Crippen LogP) is 0.654. The summed E-state index contributed by atoms with van der Waals surface area (Å²) in [6, 6.07) is -0.241. The van der Waals surface area contributed by atoms with Crippen molar-refractivity contribution >= 4 is 12.0 Å². The number of rotatable bonds is 7. The lowest BCUT2D eigenvalue weighted by molar-refractivity contribution is -0.141. The number of urea groups is 1. The lowest BCUT2D eigenvalue weighted by Crippen LogP contribution is -2.47. The minimum Gasteiger partial charge on any atom is -0.481 e. The second kappa shape index (κ2) is 6.04. The van der Waals surface area contributed by atoms with E-state index in [0.29, 0.717) is 12.5 Å². The van der Waals surface area contributed by atoms with Crippen molar-refractivity contribution in [2.75, 3.05) is 19.6 Å². The van der Waals surface area contributed by atoms with E-state index in [1.165, 1.54) is 19.8 Å². The molecule has 1 atom stereocenters. The van der Waals surface area contributed by atoms with Crippen LogP contribution in [0.5, 0.6) is 0 Å². The van der Waals surface area contributed by atoms with Crippen molar-refractivity contribution in [1.82, 2.24) is 10.2 Å². The molecule has 0 radical (unpaired) electrons. The van der Waals surface area contributed by atoms with Crippen LogP contribution in [0.2, 0.25) is 0 Å². The van der Waals surface area contributed by atoms with Crippen LogP contribution in [-0.4, -0.2) is 52.3 Å². The lowest BCUT2D eigenvalue weighted by atomic mass is 10.0. The highest BCUT2D eigenvalue weighted by molar-refractivity contribution is 5.74. The molecule has 18 heavy (non-hydrogen) atoms. The normalized spacial score (nSPS) is 17.9. The van der Waals surface area contributed by atoms with E-state index in [1.807, 2.05) is 6.92 Å². The van der Waals surface area contributed by atoms with Gasteiger partial charge in [0, 0.05) is 19.6 Å². The van der Waals surface area contributed by atoms with E-state index >= 15 is 0 Å². The van der Waals surface area contributed by atoms with Gasteiger partial charge in [0.15, 0.2) is 0 Å². The molecule has 0 aromatic carbocycles. The van der Waals surface area contributed by atoms with Gasteiger partial charge in [0.1, 0.15) is 0 Å². The Morgan fingerprint density at radius 2 is 2.06 bits per heavy atom. The summed E-state index contributed by atoms with van der Waals surface area (Å²) in [6.45, 7) is 4.60. The first-order chi connectivity index (χ1) is 8.34. The van der Waals surface area contributed by atoms with Gasteiger partial charge in [0.2, 0.25) is 0 Å². The number of nitrogens with zero attached hydrogens (tertiary/aromatic N) is 1. The van der Waals surface area contributed by atoms with Crippen molar-refractivity contribution in [3.05, 3.63) is 0 Å². The zero-order chi connectivity index (χ0) is 13.8. The van der Waals surface area contributed by atoms with E-state index in [1.54, 1.807) is 4.90 Å². The molecule has 1 unspecified atom stereocenters. The molecule has 0 spiro atoms. The minimum atomic E-state index is -1.42. The molecule has 0 bridgehead atoms. The minimum absolute atomic E-state index is 0.0563. The largest absolute Gasteiger partial charge is 0.481 e. The van der Waals surface area contributed by atoms with E-state index in [4.69, 9.17) is 5.11 Å². The second-order valence-electron chi connectivity index (χ2n) is 5.21. The van der Waals surface area contributed by atoms with Crippen LogP contribution < -0.4 is 5.32 Å². The molecular formula is C12H22N2O4. The van der Waals surface area contributed by atoms with Gasteiger partial charge in [0.05, 0.1) is 12.0 Å². The van der Waals surface area contributed by atoms with Crippen molar-refractivity contribution in [3.8, 4) is 0 Å². The van der Waals surface area contributed by atoms with E-state index in [0.717, 1.165) is 6.54 Å². The summed E-state index contributed by atoms with van der Waals surface area (Å²) >= 11 is 0. The number of hydrogen-bond acceptors (Lipinski definition) is 3. The number of carbonyl (C=O) groups is 2. The van der Waals surface area contributed by atoms with Gasteiger partial charge in [-0.1, -0.05) is 0 Å². The van der Waals surface area contributed by atoms with E-state index < -0.39 is 11.6 Å². The average Bonchev–Trinajstić information content (AvgIpc) is 3.04. The summed E-state index contributed by atoms with van der Waals surface area (Å²) in [5, 5.41) is 21.0. The third-order valence-corrected chi connectivity index (χ3v) is 3.00. The number of carbonyl (C=O) groups excluding carboxylic acids is 1. The molecule has 6 heteroatoms. The summed E-state index contributed by atoms with van der Waals surface area (Å²) in [4.78, 5) is 24.0. The summed E-state index contributed by atoms with van der Waals surface area (Å²) in [7, 11) is 0. The van der Waals surface area contributed by atoms with Crippen molar-refractivity contribution < 1.29 is 19.8 Å². The van der Waals surface area contributed by atoms with Crippen LogP contribution >= 0.6 is 0 Å². The van der Waals surface area contributed by atoms with E-state index in [2.05, 4.69) is 5.32 Å². The molecule has 1 fully saturated rings. The third-order valence-electron chi connectivity index (χ3n) is 3.00. The Hall–Kier alpha value is -1.30. The highest BCUT2D eigenvalue weighted by Crippen LogP contribution is 2.29. The van der Waals surface area contributed by atoms with Gasteiger partial charge in [-0.25, -0.2) is 4.79 Å². The fourth-order valence-corrected chi connectivity index (χ4v) is 1.73. The second-order valence-corrected chi connectivity index (χ2v) is 5.21. The van der Waals surface area contributed by atoms with Crippen LogP contribution in [0.3, 0.4) is 0 Å². The molecule has 2 amide bonds. The molecule has 104 valence electrons. The van der Waals surface area contributed by atoms with Crippen molar-refractivity contribution in [3.63, 3.8) is 0 Å². The Labute approximate surface area is 107 Å². The first-order valence-electron chi connectivity index (χ1n) is 6.31. The summed E-state index contributed by atoms with van der Waals surface area (Å²) in [5.74, 6) is -0.477. The van der Waals surface area contributed by atoms with E-state index in [9.17, 15) is 14.7 Å². The van der Waals surface area contributed by atoms with Gasteiger partial charge in [-0.3, -0.25) is 4.79 Å². The zero-order valence-corrected chi connectivity index (χ0v) is 11.0. The van der Waals surface area contributed by atoms with Gasteiger partial charge in [0.25, 0.3) is 0 Å². The molecule has 0 aromatic rings. The molecule has 6 nitrogen and oxygen atoms in total. The van der Waals surface area contributed by atoms with Crippen LogP contribution in [-0.2, 0) is 4.79 Å². The molecule has 0 aromatic heterocycles. The maximum atomic E-state index is 11.8. The van der Waals surface area contributed by atoms with Gasteiger partial charge >= 0.3 is 12.0 Å². The molecule has 0 heterocycles. The van der Waals surface area contributed by atoms with Crippen molar-refractivity contribution in [2.45, 2.75) is 38.7 Å². The quantitative estimate of drug-likeness (QED) is 0.625. The Bertz CT molecular complexity index is 313. The smallest absolute Gasteiger partial charge is 0.317 e. The first kappa shape index (κ1) is 14.8. The summed E-state index contributed by atoms with van der Waals surface area (Å²) < 4.78 is 0. The summed E-state index contributed by atoms with van der Waals surface area (Å²) in [6.07, 6.45) is 1.95. The van der Waals surface area contributed by atoms with Crippen molar-refractivity contribution in [2.24, 2.45) is 5.92 Å². The number of amides is 2. The van der Waals surface area contributed by atoms with Gasteiger partial charge in [-0.15, -0.1) is 0 Å². The molecule has 1 rings (SSSR count). The molecular weight excluding hydrogens is 236 g/mol. The number of aliphatic carboxylic acids is 1. The van der Waals surface area contributed by atoms with Crippen LogP contribution in [0.15, 0.2) is 0 Å². The highest BCUT2D eigenvalue weighted by atomic mass is 16.4. The van der Waals surface area contributed by atoms with Crippen LogP contribution in [0.1, 0.15) is 33.1 Å². The molecule has 0 saturated heterocycles. The number of carboxylic acid groups (broad SMARTS) is 1. The highest BCUT2D eigenvalue weighted by Gasteiger charge is 2.28. The molecule has 1 aliphatic carbocycles. The average molecular weight is 258 g/mol. The topological polar surface area (TPSA) is 89.9 Å². The standard InChI is InChI=1S/C12H22N2O4/c1-3-14(7-9-4-5-9)11(17)13-8-12(2,18)6-10(15)16/h9,18H,3-8H2,1-2H3,(H,13,17)(H,15,16). The van der Waals surface area contributed by atoms with Gasteiger partial charge in [-0.2, -0.15) is 0 Å². The number of carboxylic acids is 1. The Balaban J connectivity index is 2.35. The predicted molar refractivity (Wildman–Crippen MR) is 66.2 cm³/mol. The number of nitrogens with one attached hydrogen (secondary N) is 1. The fourth-order valence-electron chi connectivity index (χ4n) is 1.73. The number of aliphatic hydroxyl groups is 1. The SMILES string of the molecule is CCN(CC1CC1)C(=O)NCC(C)(O)CC(=O)O. The Kier molecular flexibility index (Phi) is 4.95. The van der Waals surface area contributed by atoms with E-state index in [-0.39, 0.29) is 19.0 Å². The van der Waals surface area contributed by atoms with Gasteiger partial charge < -0.3 is 20.4 Å². The van der Waals surface area contributed by atoms with Crippen molar-refractivity contribution in [1.29, 1.82) is 0 Å². The molecule has 3 N–H and O–H groups in total. The van der Waals surface area contributed by atoms with Gasteiger partial charge in [-0.05, 0) is 32.6 Å². The first-order valence-corrected chi connectivity index (χ1v) is 6.31. The van der Waals surface area contributed by atoms with Crippen LogP contribution in [0.4, 0.5) is 4.79 Å². The maximum Gasteiger partial charge on any atom is 0.317 e. The fraction of sp³-hybridized carbons (Fsp3) is 0.833. The van der Waals surface area contributed by atoms with Crippen LogP contribution in [0.25, 0.3) is 0 Å². The third kappa shape index (κ3) is 5.35. The molecule has 1 aliphatic rings. The Morgan fingerprint density at radius 3 is 2.50 bits per heavy atom. The monoisotopic (exact) mass is 258 g/mol. The number of hydrogen-bond donors (Lipinski definition) is 3. The lowest BCUT2D eigenvalue weighted by Gasteiger charge is -2.25. The zero-order valence-electron chi connectivity index (χ0n) is 11.0. The molecule has 1 saturated carbocycles. The summed E-state index contributed by atoms with van der Waals surface area (Å²) in [5.41, 5.74) is -1.42. The Morgan fingerprint density at radius 1 is 1.44 bits per heavy atom. The van der Waals surface area contributed by atoms with Crippen LogP contribution in [0, 0.1) is 5.92 Å². The maximum absolute atomic E-state index is 11.8. The molecule has 0 aliphatic heterocycles.